The second-order valence-electron chi connectivity index (χ2n) is 12.3. The number of benzene rings is 2. The summed E-state index contributed by atoms with van der Waals surface area (Å²) in [4.78, 5) is 9.76. The summed E-state index contributed by atoms with van der Waals surface area (Å²) < 4.78 is 52.5. The molecule has 0 atom stereocenters. The molecular formula is C30H42N5O5PSSi. The fraction of sp³-hybridized carbons (Fsp3) is 0.400. The average molecular weight is 644 g/mol. The van der Waals surface area contributed by atoms with E-state index < -0.39 is 30.3 Å². The first-order chi connectivity index (χ1) is 20.1. The van der Waals surface area contributed by atoms with E-state index in [1.165, 1.54) is 0 Å². The van der Waals surface area contributed by atoms with E-state index in [0.717, 1.165) is 6.04 Å². The highest BCUT2D eigenvalue weighted by Crippen LogP contribution is 2.38. The normalized spacial score (nSPS) is 12.6. The van der Waals surface area contributed by atoms with Gasteiger partial charge in [-0.15, -0.1) is 0 Å². The maximum Gasteiger partial charge on any atom is 0.231 e. The number of nitrogens with one attached hydrogen (secondary N) is 2. The number of rotatable bonds is 13. The third-order valence-corrected chi connectivity index (χ3v) is 12.4. The van der Waals surface area contributed by atoms with E-state index in [2.05, 4.69) is 30.3 Å². The highest BCUT2D eigenvalue weighted by atomic mass is 32.2. The molecule has 2 heterocycles. The van der Waals surface area contributed by atoms with Gasteiger partial charge >= 0.3 is 0 Å². The molecule has 0 bridgehead atoms. The molecule has 0 unspecified atom stereocenters. The Morgan fingerprint density at radius 3 is 2.37 bits per heavy atom. The first-order valence-electron chi connectivity index (χ1n) is 14.2. The lowest BCUT2D eigenvalue weighted by molar-refractivity contribution is 0.0899. The summed E-state index contributed by atoms with van der Waals surface area (Å²) in [6, 6.07) is 15.1. The molecule has 0 fully saturated rings. The molecule has 2 N–H and O–H groups in total. The first-order valence-corrected chi connectivity index (χ1v) is 22.0. The number of methoxy groups -OCH3 is 1. The molecule has 0 aliphatic rings. The van der Waals surface area contributed by atoms with Crippen molar-refractivity contribution in [3.8, 4) is 5.75 Å². The second kappa shape index (κ2) is 12.8. The third-order valence-electron chi connectivity index (χ3n) is 6.97. The first kappa shape index (κ1) is 32.7. The molecule has 0 radical (unpaired) electrons. The highest BCUT2D eigenvalue weighted by Gasteiger charge is 2.24. The molecule has 10 nitrogen and oxygen atoms in total. The van der Waals surface area contributed by atoms with Crippen molar-refractivity contribution in [2.75, 3.05) is 37.7 Å². The quantitative estimate of drug-likeness (QED) is 0.0934. The van der Waals surface area contributed by atoms with Gasteiger partial charge in [-0.2, -0.15) is 9.97 Å². The van der Waals surface area contributed by atoms with Crippen molar-refractivity contribution in [1.29, 1.82) is 0 Å². The van der Waals surface area contributed by atoms with Crippen molar-refractivity contribution in [2.45, 2.75) is 56.4 Å². The summed E-state index contributed by atoms with van der Waals surface area (Å²) in [5.41, 5.74) is 1.63. The van der Waals surface area contributed by atoms with Gasteiger partial charge in [0.25, 0.3) is 0 Å². The monoisotopic (exact) mass is 643 g/mol. The molecule has 0 aliphatic heterocycles. The van der Waals surface area contributed by atoms with Crippen molar-refractivity contribution in [3.05, 3.63) is 54.7 Å². The van der Waals surface area contributed by atoms with Gasteiger partial charge in [-0.1, -0.05) is 31.8 Å². The Hall–Kier alpha value is -3.18. The van der Waals surface area contributed by atoms with Crippen LogP contribution in [-0.2, 0) is 25.9 Å². The number of ether oxygens (including phenoxy) is 2. The van der Waals surface area contributed by atoms with Gasteiger partial charge in [0.2, 0.25) is 5.95 Å². The summed E-state index contributed by atoms with van der Waals surface area (Å²) in [5, 5.41) is 7.32. The second-order valence-corrected chi connectivity index (χ2v) is 23.7. The van der Waals surface area contributed by atoms with Crippen LogP contribution >= 0.6 is 7.14 Å². The standard InChI is InChI=1S/C30H42N5O5PSSi/c1-21(2)42(37,38)27-12-10-9-11-25(27)31-28-23-15-16-35(20-40-17-18-43(6,7)8)29(23)34-30(33-28)32-24-14-13-22(41(4,5)36)19-26(24)39-3/h9-16,19,21H,17-18,20H2,1-8H3,(H2,31,32,33,34). The molecule has 2 aromatic heterocycles. The molecule has 4 aromatic rings. The Balaban J connectivity index is 1.78. The molecule has 13 heteroatoms. The minimum absolute atomic E-state index is 0.196. The Labute approximate surface area is 255 Å². The van der Waals surface area contributed by atoms with Crippen molar-refractivity contribution in [2.24, 2.45) is 0 Å². The molecule has 2 aromatic carbocycles. The number of sulfone groups is 1. The molecule has 43 heavy (non-hydrogen) atoms. The van der Waals surface area contributed by atoms with Crippen molar-refractivity contribution >= 4 is 64.5 Å². The van der Waals surface area contributed by atoms with Gasteiger partial charge in [-0.25, -0.2) is 8.42 Å². The van der Waals surface area contributed by atoms with Gasteiger partial charge in [0.15, 0.2) is 9.84 Å². The molecule has 232 valence electrons. The summed E-state index contributed by atoms with van der Waals surface area (Å²) in [7, 11) is -5.77. The summed E-state index contributed by atoms with van der Waals surface area (Å²) in [6.45, 7) is 14.6. The van der Waals surface area contributed by atoms with E-state index in [-0.39, 0.29) is 10.8 Å². The van der Waals surface area contributed by atoms with E-state index >= 15 is 0 Å². The smallest absolute Gasteiger partial charge is 0.231 e. The minimum atomic E-state index is -3.57. The lowest BCUT2D eigenvalue weighted by atomic mass is 10.3. The van der Waals surface area contributed by atoms with Crippen LogP contribution in [0.2, 0.25) is 25.7 Å². The lowest BCUT2D eigenvalue weighted by Crippen LogP contribution is -2.22. The number of hydrogen-bond acceptors (Lipinski definition) is 9. The minimum Gasteiger partial charge on any atom is -0.495 e. The highest BCUT2D eigenvalue weighted by molar-refractivity contribution is 7.92. The van der Waals surface area contributed by atoms with Crippen molar-refractivity contribution in [3.63, 3.8) is 0 Å². The Bertz CT molecular complexity index is 1760. The van der Waals surface area contributed by atoms with Crippen LogP contribution < -0.4 is 20.7 Å². The molecular weight excluding hydrogens is 601 g/mol. The zero-order chi connectivity index (χ0) is 31.6. The van der Waals surface area contributed by atoms with Gasteiger partial charge in [-0.05, 0) is 69.6 Å². The van der Waals surface area contributed by atoms with Gasteiger partial charge in [0, 0.05) is 26.2 Å². The van der Waals surface area contributed by atoms with Crippen molar-refractivity contribution < 1.29 is 22.5 Å². The van der Waals surface area contributed by atoms with Gasteiger partial charge in [-0.3, -0.25) is 0 Å². The van der Waals surface area contributed by atoms with Crippen LogP contribution in [0.3, 0.4) is 0 Å². The fourth-order valence-electron chi connectivity index (χ4n) is 4.30. The predicted octanol–water partition coefficient (Wildman–Crippen LogP) is 6.67. The van der Waals surface area contributed by atoms with E-state index in [4.69, 9.17) is 19.4 Å². The molecule has 0 saturated heterocycles. The van der Waals surface area contributed by atoms with Crippen LogP contribution in [0.25, 0.3) is 11.0 Å². The maximum absolute atomic E-state index is 13.2. The topological polar surface area (TPSA) is 124 Å². The van der Waals surface area contributed by atoms with Gasteiger partial charge in [0.1, 0.15) is 31.1 Å². The molecule has 4 rings (SSSR count). The Kier molecular flexibility index (Phi) is 9.75. The largest absolute Gasteiger partial charge is 0.495 e. The molecule has 0 aliphatic carbocycles. The summed E-state index contributed by atoms with van der Waals surface area (Å²) in [5.74, 6) is 1.20. The average Bonchev–Trinajstić information content (AvgIpc) is 3.33. The molecule has 0 amide bonds. The molecule has 0 spiro atoms. The Morgan fingerprint density at radius 1 is 1.00 bits per heavy atom. The number of hydrogen-bond donors (Lipinski definition) is 2. The predicted molar refractivity (Wildman–Crippen MR) is 179 cm³/mol. The van der Waals surface area contributed by atoms with Crippen LogP contribution in [0, 0.1) is 0 Å². The summed E-state index contributed by atoms with van der Waals surface area (Å²) >= 11 is 0. The molecule has 0 saturated carbocycles. The number of nitrogens with zero attached hydrogens (tertiary/aromatic N) is 3. The van der Waals surface area contributed by atoms with E-state index in [1.807, 2.05) is 16.8 Å². The van der Waals surface area contributed by atoms with E-state index in [1.54, 1.807) is 76.8 Å². The van der Waals surface area contributed by atoms with Crippen molar-refractivity contribution in [1.82, 2.24) is 14.5 Å². The zero-order valence-corrected chi connectivity index (χ0v) is 28.8. The SMILES string of the molecule is COc1cc(P(C)(C)=O)ccc1Nc1nc(Nc2ccccc2S(=O)(=O)C(C)C)c2ccn(COCC[Si](C)(C)C)c2n1. The number of para-hydroxylation sites is 1. The van der Waals surface area contributed by atoms with Gasteiger partial charge in [0.05, 0.1) is 34.0 Å². The number of fused-ring (bicyclic) bond motifs is 1. The van der Waals surface area contributed by atoms with Gasteiger partial charge < -0.3 is 29.2 Å². The number of aromatic nitrogens is 3. The Morgan fingerprint density at radius 2 is 1.72 bits per heavy atom. The van der Waals surface area contributed by atoms with E-state index in [0.29, 0.717) is 52.6 Å². The fourth-order valence-corrected chi connectivity index (χ4v) is 7.12. The van der Waals surface area contributed by atoms with E-state index in [9.17, 15) is 13.0 Å². The van der Waals surface area contributed by atoms with Crippen LogP contribution in [-0.4, -0.2) is 63.3 Å². The van der Waals surface area contributed by atoms with Crippen LogP contribution in [0.5, 0.6) is 5.75 Å². The zero-order valence-electron chi connectivity index (χ0n) is 26.1. The lowest BCUT2D eigenvalue weighted by Gasteiger charge is -2.17. The maximum atomic E-state index is 13.2. The van der Waals surface area contributed by atoms with Crippen LogP contribution in [0.15, 0.2) is 59.6 Å². The van der Waals surface area contributed by atoms with Crippen LogP contribution in [0.1, 0.15) is 13.8 Å². The third kappa shape index (κ3) is 7.86. The van der Waals surface area contributed by atoms with Crippen LogP contribution in [0.4, 0.5) is 23.1 Å². The number of anilines is 4. The summed E-state index contributed by atoms with van der Waals surface area (Å²) in [6.07, 6.45) is 1.88.